The quantitative estimate of drug-likeness (QED) is 0.771. The number of ketones is 1. The summed E-state index contributed by atoms with van der Waals surface area (Å²) in [5.41, 5.74) is 0. The van der Waals surface area contributed by atoms with E-state index in [9.17, 15) is 4.79 Å². The van der Waals surface area contributed by atoms with Gasteiger partial charge in [0.05, 0.1) is 13.2 Å². The lowest BCUT2D eigenvalue weighted by Crippen LogP contribution is -2.48. The number of hydrogen-bond donors (Lipinski definition) is 0. The van der Waals surface area contributed by atoms with Gasteiger partial charge in [0.15, 0.2) is 0 Å². The van der Waals surface area contributed by atoms with Gasteiger partial charge in [0.25, 0.3) is 0 Å². The Balaban J connectivity index is 1.91. The van der Waals surface area contributed by atoms with Crippen molar-refractivity contribution < 1.29 is 9.53 Å². The van der Waals surface area contributed by atoms with Crippen molar-refractivity contribution in [2.45, 2.75) is 52.0 Å². The third-order valence-electron chi connectivity index (χ3n) is 4.73. The number of morpholine rings is 1. The van der Waals surface area contributed by atoms with Gasteiger partial charge in [0, 0.05) is 31.5 Å². The van der Waals surface area contributed by atoms with Crippen molar-refractivity contribution >= 4 is 5.78 Å². The van der Waals surface area contributed by atoms with Gasteiger partial charge in [-0.2, -0.15) is 0 Å². The van der Waals surface area contributed by atoms with Crippen LogP contribution in [-0.4, -0.2) is 43.0 Å². The van der Waals surface area contributed by atoms with E-state index in [0.717, 1.165) is 57.9 Å². The molecule has 1 saturated carbocycles. The average molecular weight is 253 g/mol. The topological polar surface area (TPSA) is 29.5 Å². The van der Waals surface area contributed by atoms with Gasteiger partial charge in [-0.1, -0.05) is 20.3 Å². The molecule has 0 N–H and O–H groups in total. The SMILES string of the molecule is CCC1CCC(=O)C(CN2CCOCC2CC)C1. The molecule has 2 fully saturated rings. The maximum absolute atomic E-state index is 12.1. The molecule has 3 heteroatoms. The highest BCUT2D eigenvalue weighted by Crippen LogP contribution is 2.30. The van der Waals surface area contributed by atoms with E-state index in [0.29, 0.717) is 11.8 Å². The number of carbonyl (C=O) groups is 1. The molecular weight excluding hydrogens is 226 g/mol. The van der Waals surface area contributed by atoms with E-state index >= 15 is 0 Å². The largest absolute Gasteiger partial charge is 0.378 e. The Bertz CT molecular complexity index is 280. The van der Waals surface area contributed by atoms with E-state index in [1.807, 2.05) is 0 Å². The Morgan fingerprint density at radius 2 is 2.17 bits per heavy atom. The second kappa shape index (κ2) is 6.67. The fourth-order valence-electron chi connectivity index (χ4n) is 3.34. The number of Topliss-reactive ketones (excluding diaryl/α,β-unsaturated/α-hetero) is 1. The minimum atomic E-state index is 0.288. The maximum atomic E-state index is 12.1. The highest BCUT2D eigenvalue weighted by Gasteiger charge is 2.31. The number of nitrogens with zero attached hydrogens (tertiary/aromatic N) is 1. The maximum Gasteiger partial charge on any atom is 0.137 e. The summed E-state index contributed by atoms with van der Waals surface area (Å²) in [7, 11) is 0. The molecule has 18 heavy (non-hydrogen) atoms. The molecule has 0 bridgehead atoms. The lowest BCUT2D eigenvalue weighted by atomic mass is 9.79. The van der Waals surface area contributed by atoms with Gasteiger partial charge in [0.1, 0.15) is 5.78 Å². The molecule has 0 amide bonds. The highest BCUT2D eigenvalue weighted by atomic mass is 16.5. The van der Waals surface area contributed by atoms with E-state index in [4.69, 9.17) is 4.74 Å². The van der Waals surface area contributed by atoms with Gasteiger partial charge in [-0.3, -0.25) is 9.69 Å². The molecule has 0 aromatic rings. The Labute approximate surface area is 111 Å². The van der Waals surface area contributed by atoms with E-state index in [2.05, 4.69) is 18.7 Å². The molecular formula is C15H27NO2. The number of rotatable bonds is 4. The molecule has 1 saturated heterocycles. The normalized spacial score (nSPS) is 34.8. The van der Waals surface area contributed by atoms with Crippen LogP contribution in [0.25, 0.3) is 0 Å². The molecule has 0 aromatic carbocycles. The smallest absolute Gasteiger partial charge is 0.137 e. The first-order valence-corrected chi connectivity index (χ1v) is 7.59. The molecule has 0 radical (unpaired) electrons. The van der Waals surface area contributed by atoms with Crippen molar-refractivity contribution in [3.63, 3.8) is 0 Å². The summed E-state index contributed by atoms with van der Waals surface area (Å²) >= 11 is 0. The van der Waals surface area contributed by atoms with Crippen molar-refractivity contribution in [2.24, 2.45) is 11.8 Å². The molecule has 3 nitrogen and oxygen atoms in total. The van der Waals surface area contributed by atoms with Crippen LogP contribution in [0.5, 0.6) is 0 Å². The summed E-state index contributed by atoms with van der Waals surface area (Å²) in [6.45, 7) is 8.10. The van der Waals surface area contributed by atoms with Crippen molar-refractivity contribution in [3.8, 4) is 0 Å². The molecule has 3 unspecified atom stereocenters. The van der Waals surface area contributed by atoms with E-state index in [1.54, 1.807) is 0 Å². The number of carbonyl (C=O) groups excluding carboxylic acids is 1. The third kappa shape index (κ3) is 3.33. The van der Waals surface area contributed by atoms with Crippen molar-refractivity contribution in [3.05, 3.63) is 0 Å². The molecule has 1 aliphatic carbocycles. The van der Waals surface area contributed by atoms with E-state index < -0.39 is 0 Å². The van der Waals surface area contributed by atoms with Crippen molar-refractivity contribution in [2.75, 3.05) is 26.3 Å². The molecule has 1 aliphatic heterocycles. The highest BCUT2D eigenvalue weighted by molar-refractivity contribution is 5.81. The van der Waals surface area contributed by atoms with E-state index in [-0.39, 0.29) is 5.92 Å². The van der Waals surface area contributed by atoms with Crippen LogP contribution in [0.4, 0.5) is 0 Å². The monoisotopic (exact) mass is 253 g/mol. The molecule has 3 atom stereocenters. The first kappa shape index (κ1) is 14.0. The average Bonchev–Trinajstić information content (AvgIpc) is 2.42. The summed E-state index contributed by atoms with van der Waals surface area (Å²) in [4.78, 5) is 14.6. The second-order valence-electron chi connectivity index (χ2n) is 5.84. The Kier molecular flexibility index (Phi) is 5.19. The summed E-state index contributed by atoms with van der Waals surface area (Å²) < 4.78 is 5.53. The first-order valence-electron chi connectivity index (χ1n) is 7.59. The van der Waals surface area contributed by atoms with Gasteiger partial charge in [-0.15, -0.1) is 0 Å². The Hall–Kier alpha value is -0.410. The Morgan fingerprint density at radius 3 is 2.89 bits per heavy atom. The van der Waals surface area contributed by atoms with Crippen LogP contribution in [0.3, 0.4) is 0 Å². The molecule has 0 aromatic heterocycles. The lowest BCUT2D eigenvalue weighted by Gasteiger charge is -2.38. The second-order valence-corrected chi connectivity index (χ2v) is 5.84. The van der Waals surface area contributed by atoms with Crippen LogP contribution in [0.15, 0.2) is 0 Å². The first-order chi connectivity index (χ1) is 8.74. The predicted octanol–water partition coefficient (Wildman–Crippen LogP) is 2.49. The third-order valence-corrected chi connectivity index (χ3v) is 4.73. The fourth-order valence-corrected chi connectivity index (χ4v) is 3.34. The number of hydrogen-bond acceptors (Lipinski definition) is 3. The Morgan fingerprint density at radius 1 is 1.33 bits per heavy atom. The number of ether oxygens (including phenoxy) is 1. The molecule has 0 spiro atoms. The molecule has 104 valence electrons. The van der Waals surface area contributed by atoms with Crippen LogP contribution >= 0.6 is 0 Å². The minimum Gasteiger partial charge on any atom is -0.378 e. The van der Waals surface area contributed by atoms with E-state index in [1.165, 1.54) is 6.42 Å². The van der Waals surface area contributed by atoms with Crippen molar-refractivity contribution in [1.29, 1.82) is 0 Å². The van der Waals surface area contributed by atoms with Gasteiger partial charge >= 0.3 is 0 Å². The van der Waals surface area contributed by atoms with Gasteiger partial charge < -0.3 is 4.74 Å². The predicted molar refractivity (Wildman–Crippen MR) is 72.6 cm³/mol. The standard InChI is InChI=1S/C15H27NO2/c1-3-12-5-6-15(17)13(9-12)10-16-7-8-18-11-14(16)4-2/h12-14H,3-11H2,1-2H3. The summed E-state index contributed by atoms with van der Waals surface area (Å²) in [5, 5.41) is 0. The van der Waals surface area contributed by atoms with Crippen molar-refractivity contribution in [1.82, 2.24) is 4.90 Å². The van der Waals surface area contributed by atoms with Gasteiger partial charge in [0.2, 0.25) is 0 Å². The zero-order chi connectivity index (χ0) is 13.0. The summed E-state index contributed by atoms with van der Waals surface area (Å²) in [6, 6.07) is 0.522. The summed E-state index contributed by atoms with van der Waals surface area (Å²) in [6.07, 6.45) is 5.39. The summed E-state index contributed by atoms with van der Waals surface area (Å²) in [5.74, 6) is 1.56. The van der Waals surface area contributed by atoms with Gasteiger partial charge in [-0.25, -0.2) is 0 Å². The molecule has 2 rings (SSSR count). The van der Waals surface area contributed by atoms with Crippen LogP contribution in [0, 0.1) is 11.8 Å². The van der Waals surface area contributed by atoms with Crippen LogP contribution in [-0.2, 0) is 9.53 Å². The fraction of sp³-hybridized carbons (Fsp3) is 0.933. The lowest BCUT2D eigenvalue weighted by molar-refractivity contribution is -0.127. The molecule has 1 heterocycles. The molecule has 2 aliphatic rings. The zero-order valence-corrected chi connectivity index (χ0v) is 11.9. The van der Waals surface area contributed by atoms with Crippen LogP contribution in [0.1, 0.15) is 46.0 Å². The van der Waals surface area contributed by atoms with Crippen LogP contribution in [0.2, 0.25) is 0 Å². The minimum absolute atomic E-state index is 0.288. The zero-order valence-electron chi connectivity index (χ0n) is 11.9. The van der Waals surface area contributed by atoms with Crippen LogP contribution < -0.4 is 0 Å². The van der Waals surface area contributed by atoms with Gasteiger partial charge in [-0.05, 0) is 25.2 Å².